The van der Waals surface area contributed by atoms with Gasteiger partial charge in [0.2, 0.25) is 0 Å². The van der Waals surface area contributed by atoms with Crippen LogP contribution in [0, 0.1) is 11.8 Å². The Morgan fingerprint density at radius 1 is 1.33 bits per heavy atom. The van der Waals surface area contributed by atoms with E-state index in [1.807, 2.05) is 0 Å². The molecule has 0 bridgehead atoms. The Hall–Kier alpha value is 0.495. The normalized spacial score (nSPS) is 36.9. The highest BCUT2D eigenvalue weighted by Gasteiger charge is 2.30. The van der Waals surface area contributed by atoms with Crippen LogP contribution in [0.15, 0.2) is 0 Å². The topological polar surface area (TPSA) is 0 Å². The molecular weight excluding hydrogens is 162 g/mol. The summed E-state index contributed by atoms with van der Waals surface area (Å²) in [6.45, 7) is 7.06. The van der Waals surface area contributed by atoms with Crippen molar-refractivity contribution in [1.29, 1.82) is 0 Å². The van der Waals surface area contributed by atoms with Crippen molar-refractivity contribution in [1.82, 2.24) is 0 Å². The van der Waals surface area contributed by atoms with Gasteiger partial charge in [-0.1, -0.05) is 46.4 Å². The maximum Gasteiger partial charge on any atom is 0.129 e. The summed E-state index contributed by atoms with van der Waals surface area (Å²) in [5.74, 6) is 1.90. The third-order valence-corrected chi connectivity index (χ3v) is 4.66. The molecular formula is C10H22BP. The summed E-state index contributed by atoms with van der Waals surface area (Å²) in [5, 5.41) is 0.603. The highest BCUT2D eigenvalue weighted by Crippen LogP contribution is 2.40. The van der Waals surface area contributed by atoms with Crippen LogP contribution in [0.2, 0.25) is 6.82 Å². The second-order valence-electron chi connectivity index (χ2n) is 4.80. The second-order valence-corrected chi connectivity index (χ2v) is 6.02. The molecule has 0 aromatic rings. The summed E-state index contributed by atoms with van der Waals surface area (Å²) >= 11 is 0. The SMILES string of the molecule is CBC1(P)CCC(C(C)C)CC1. The van der Waals surface area contributed by atoms with Crippen LogP contribution in [-0.4, -0.2) is 12.3 Å². The number of hydrogen-bond donors (Lipinski definition) is 0. The van der Waals surface area contributed by atoms with Gasteiger partial charge in [-0.2, -0.15) is 0 Å². The quantitative estimate of drug-likeness (QED) is 0.457. The molecule has 0 saturated heterocycles. The predicted molar refractivity (Wildman–Crippen MR) is 62.3 cm³/mol. The van der Waals surface area contributed by atoms with Gasteiger partial charge in [0.1, 0.15) is 7.28 Å². The fourth-order valence-corrected chi connectivity index (χ4v) is 2.57. The lowest BCUT2D eigenvalue weighted by atomic mass is 9.57. The smallest absolute Gasteiger partial charge is 0.129 e. The summed E-state index contributed by atoms with van der Waals surface area (Å²) in [5.41, 5.74) is 0. The van der Waals surface area contributed by atoms with Gasteiger partial charge in [0.25, 0.3) is 0 Å². The van der Waals surface area contributed by atoms with Crippen LogP contribution in [0.1, 0.15) is 39.5 Å². The molecule has 0 nitrogen and oxygen atoms in total. The molecule has 0 aliphatic heterocycles. The van der Waals surface area contributed by atoms with E-state index in [2.05, 4.69) is 29.9 Å². The highest BCUT2D eigenvalue weighted by molar-refractivity contribution is 7.23. The Balaban J connectivity index is 2.39. The molecule has 0 aromatic carbocycles. The van der Waals surface area contributed by atoms with Gasteiger partial charge in [-0.05, 0) is 16.9 Å². The Morgan fingerprint density at radius 2 is 1.83 bits per heavy atom. The van der Waals surface area contributed by atoms with E-state index in [0.717, 1.165) is 11.8 Å². The van der Waals surface area contributed by atoms with Gasteiger partial charge >= 0.3 is 0 Å². The van der Waals surface area contributed by atoms with Crippen LogP contribution >= 0.6 is 9.24 Å². The van der Waals surface area contributed by atoms with E-state index in [1.165, 1.54) is 33.0 Å². The zero-order valence-electron chi connectivity index (χ0n) is 8.77. The fourth-order valence-electron chi connectivity index (χ4n) is 2.24. The van der Waals surface area contributed by atoms with E-state index < -0.39 is 0 Å². The lowest BCUT2D eigenvalue weighted by Crippen LogP contribution is -2.33. The molecule has 0 amide bonds. The minimum Gasteiger partial charge on any atom is -0.139 e. The molecule has 0 heterocycles. The highest BCUT2D eigenvalue weighted by atomic mass is 31.0. The van der Waals surface area contributed by atoms with Crippen LogP contribution in [0.25, 0.3) is 0 Å². The molecule has 0 N–H and O–H groups in total. The van der Waals surface area contributed by atoms with Crippen LogP contribution in [0.3, 0.4) is 0 Å². The Kier molecular flexibility index (Phi) is 3.65. The molecule has 1 saturated carbocycles. The van der Waals surface area contributed by atoms with Gasteiger partial charge in [0, 0.05) is 0 Å². The van der Waals surface area contributed by atoms with Crippen molar-refractivity contribution in [3.8, 4) is 0 Å². The monoisotopic (exact) mass is 184 g/mol. The van der Waals surface area contributed by atoms with Gasteiger partial charge in [0.15, 0.2) is 0 Å². The molecule has 12 heavy (non-hydrogen) atoms. The van der Waals surface area contributed by atoms with E-state index >= 15 is 0 Å². The van der Waals surface area contributed by atoms with E-state index in [-0.39, 0.29) is 0 Å². The van der Waals surface area contributed by atoms with Gasteiger partial charge in [-0.15, -0.1) is 9.24 Å². The maximum absolute atomic E-state index is 3.09. The standard InChI is InChI=1S/C10H22BP/c1-8(2)9-4-6-10(12,11-3)7-5-9/h8-9,11H,4-7,12H2,1-3H3. The molecule has 0 aromatic heterocycles. The zero-order valence-corrected chi connectivity index (χ0v) is 9.92. The van der Waals surface area contributed by atoms with Gasteiger partial charge in [-0.3, -0.25) is 0 Å². The first kappa shape index (κ1) is 10.6. The van der Waals surface area contributed by atoms with Crippen LogP contribution in [0.5, 0.6) is 0 Å². The van der Waals surface area contributed by atoms with Crippen molar-refractivity contribution in [3.63, 3.8) is 0 Å². The lowest BCUT2D eigenvalue weighted by Gasteiger charge is -2.37. The maximum atomic E-state index is 3.09. The van der Waals surface area contributed by atoms with E-state index in [1.54, 1.807) is 0 Å². The van der Waals surface area contributed by atoms with E-state index in [4.69, 9.17) is 0 Å². The molecule has 0 spiro atoms. The van der Waals surface area contributed by atoms with Gasteiger partial charge in [0.05, 0.1) is 0 Å². The van der Waals surface area contributed by atoms with Crippen molar-refractivity contribution in [2.45, 2.75) is 51.4 Å². The number of rotatable bonds is 2. The van der Waals surface area contributed by atoms with Crippen molar-refractivity contribution >= 4 is 16.5 Å². The summed E-state index contributed by atoms with van der Waals surface area (Å²) in [6, 6.07) is 0. The van der Waals surface area contributed by atoms with Gasteiger partial charge in [-0.25, -0.2) is 0 Å². The molecule has 0 radical (unpaired) electrons. The summed E-state index contributed by atoms with van der Waals surface area (Å²) in [4.78, 5) is 0. The molecule has 1 aliphatic rings. The first-order valence-electron chi connectivity index (χ1n) is 5.36. The van der Waals surface area contributed by atoms with Crippen LogP contribution in [-0.2, 0) is 0 Å². The van der Waals surface area contributed by atoms with Gasteiger partial charge < -0.3 is 0 Å². The molecule has 1 rings (SSSR count). The minimum atomic E-state index is 0.603. The summed E-state index contributed by atoms with van der Waals surface area (Å²) in [6.07, 6.45) is 5.76. The third-order valence-electron chi connectivity index (χ3n) is 3.67. The molecule has 1 atom stereocenters. The Bertz CT molecular complexity index is 137. The van der Waals surface area contributed by atoms with Crippen molar-refractivity contribution < 1.29 is 0 Å². The first-order chi connectivity index (χ1) is 5.57. The van der Waals surface area contributed by atoms with Crippen LogP contribution in [0.4, 0.5) is 0 Å². The summed E-state index contributed by atoms with van der Waals surface area (Å²) in [7, 11) is 4.42. The van der Waals surface area contributed by atoms with Crippen molar-refractivity contribution in [2.24, 2.45) is 11.8 Å². The minimum absolute atomic E-state index is 0.603. The molecule has 1 unspecified atom stereocenters. The molecule has 2 heteroatoms. The second kappa shape index (κ2) is 4.14. The van der Waals surface area contributed by atoms with Crippen LogP contribution < -0.4 is 0 Å². The Morgan fingerprint density at radius 3 is 2.17 bits per heavy atom. The van der Waals surface area contributed by atoms with Crippen molar-refractivity contribution in [2.75, 3.05) is 0 Å². The van der Waals surface area contributed by atoms with E-state index in [0.29, 0.717) is 5.06 Å². The first-order valence-corrected chi connectivity index (χ1v) is 5.94. The largest absolute Gasteiger partial charge is 0.139 e. The lowest BCUT2D eigenvalue weighted by molar-refractivity contribution is 0.271. The zero-order chi connectivity index (χ0) is 9.19. The molecule has 1 fully saturated rings. The molecule has 70 valence electrons. The predicted octanol–water partition coefficient (Wildman–Crippen LogP) is 2.89. The van der Waals surface area contributed by atoms with E-state index in [9.17, 15) is 0 Å². The van der Waals surface area contributed by atoms with Crippen molar-refractivity contribution in [3.05, 3.63) is 0 Å². The Labute approximate surface area is 80.3 Å². The fraction of sp³-hybridized carbons (Fsp3) is 1.00. The average Bonchev–Trinajstić information content (AvgIpc) is 2.05. The third kappa shape index (κ3) is 2.49. The molecule has 1 aliphatic carbocycles. The summed E-state index contributed by atoms with van der Waals surface area (Å²) < 4.78 is 0. The number of hydrogen-bond acceptors (Lipinski definition) is 0. The average molecular weight is 184 g/mol.